The summed E-state index contributed by atoms with van der Waals surface area (Å²) in [7, 11) is 0. The Labute approximate surface area is 120 Å². The summed E-state index contributed by atoms with van der Waals surface area (Å²) >= 11 is 0. The maximum Gasteiger partial charge on any atom is 0.153 e. The van der Waals surface area contributed by atoms with Crippen molar-refractivity contribution in [2.75, 3.05) is 5.73 Å². The van der Waals surface area contributed by atoms with E-state index in [0.717, 1.165) is 41.3 Å². The summed E-state index contributed by atoms with van der Waals surface area (Å²) in [6, 6.07) is 8.01. The molecule has 0 amide bonds. The van der Waals surface area contributed by atoms with Crippen LogP contribution >= 0.6 is 0 Å². The number of ether oxygens (including phenoxy) is 1. The Morgan fingerprint density at radius 2 is 1.80 bits per heavy atom. The highest BCUT2D eigenvalue weighted by Gasteiger charge is 2.26. The fourth-order valence-corrected chi connectivity index (χ4v) is 3.40. The Bertz CT molecular complexity index is 601. The van der Waals surface area contributed by atoms with E-state index in [9.17, 15) is 0 Å². The number of fused-ring (bicyclic) bond motifs is 1. The number of rotatable bonds is 2. The van der Waals surface area contributed by atoms with E-state index in [0.29, 0.717) is 5.69 Å². The molecule has 3 nitrogen and oxygen atoms in total. The number of hydrogen-bond donors (Lipinski definition) is 1. The topological polar surface area (TPSA) is 48.1 Å². The molecule has 3 rings (SSSR count). The van der Waals surface area contributed by atoms with Crippen LogP contribution in [0, 0.1) is 11.8 Å². The Morgan fingerprint density at radius 3 is 2.55 bits per heavy atom. The van der Waals surface area contributed by atoms with Gasteiger partial charge < -0.3 is 10.5 Å². The van der Waals surface area contributed by atoms with Crippen molar-refractivity contribution in [3.05, 3.63) is 30.5 Å². The number of nitrogen functional groups attached to an aromatic ring is 1. The Morgan fingerprint density at radius 1 is 1.10 bits per heavy atom. The van der Waals surface area contributed by atoms with Crippen molar-refractivity contribution in [2.45, 2.75) is 39.2 Å². The molecule has 1 aromatic heterocycles. The van der Waals surface area contributed by atoms with Gasteiger partial charge in [0.25, 0.3) is 0 Å². The van der Waals surface area contributed by atoms with Crippen LogP contribution in [-0.2, 0) is 0 Å². The van der Waals surface area contributed by atoms with Crippen LogP contribution < -0.4 is 10.5 Å². The smallest absolute Gasteiger partial charge is 0.153 e. The molecule has 1 saturated carbocycles. The zero-order valence-corrected chi connectivity index (χ0v) is 12.2. The third kappa shape index (κ3) is 2.58. The van der Waals surface area contributed by atoms with Crippen LogP contribution in [0.3, 0.4) is 0 Å². The van der Waals surface area contributed by atoms with Crippen molar-refractivity contribution in [3.8, 4) is 5.75 Å². The van der Waals surface area contributed by atoms with Gasteiger partial charge in [-0.2, -0.15) is 0 Å². The summed E-state index contributed by atoms with van der Waals surface area (Å²) in [6.45, 7) is 4.61. The van der Waals surface area contributed by atoms with Gasteiger partial charge in [0.05, 0.1) is 23.5 Å². The lowest BCUT2D eigenvalue weighted by atomic mass is 9.82. The van der Waals surface area contributed by atoms with Gasteiger partial charge in [-0.1, -0.05) is 26.0 Å². The second-order valence-electron chi connectivity index (χ2n) is 6.22. The standard InChI is InChI=1S/C17H22N2O/c1-11-7-12(2)9-13(8-11)20-17-14-5-3-4-6-16(14)19-10-15(17)18/h3-6,10-13H,7-9,18H2,1-2H3. The number of nitrogens with two attached hydrogens (primary N) is 1. The fraction of sp³-hybridized carbons (Fsp3) is 0.471. The van der Waals surface area contributed by atoms with Crippen LogP contribution in [-0.4, -0.2) is 11.1 Å². The van der Waals surface area contributed by atoms with Gasteiger partial charge in [-0.05, 0) is 43.2 Å². The van der Waals surface area contributed by atoms with Gasteiger partial charge in [0.1, 0.15) is 0 Å². The molecule has 0 aliphatic heterocycles. The molecule has 1 heterocycles. The molecule has 2 unspecified atom stereocenters. The predicted octanol–water partition coefficient (Wildman–Crippen LogP) is 4.02. The summed E-state index contributed by atoms with van der Waals surface area (Å²) in [6.07, 6.45) is 5.49. The first-order valence-corrected chi connectivity index (χ1v) is 7.43. The molecule has 1 aliphatic rings. The predicted molar refractivity (Wildman–Crippen MR) is 82.8 cm³/mol. The second-order valence-corrected chi connectivity index (χ2v) is 6.22. The molecule has 0 bridgehead atoms. The molecule has 0 saturated heterocycles. The van der Waals surface area contributed by atoms with Gasteiger partial charge >= 0.3 is 0 Å². The molecule has 1 fully saturated rings. The first kappa shape index (κ1) is 13.2. The van der Waals surface area contributed by atoms with Gasteiger partial charge in [0.15, 0.2) is 5.75 Å². The Hall–Kier alpha value is -1.77. The lowest BCUT2D eigenvalue weighted by Crippen LogP contribution is -2.28. The highest BCUT2D eigenvalue weighted by Crippen LogP contribution is 2.36. The molecule has 1 aliphatic carbocycles. The average Bonchev–Trinajstić information content (AvgIpc) is 2.41. The monoisotopic (exact) mass is 270 g/mol. The lowest BCUT2D eigenvalue weighted by Gasteiger charge is -2.32. The van der Waals surface area contributed by atoms with E-state index in [1.54, 1.807) is 6.20 Å². The van der Waals surface area contributed by atoms with Crippen LogP contribution in [0.1, 0.15) is 33.1 Å². The van der Waals surface area contributed by atoms with E-state index in [1.807, 2.05) is 24.3 Å². The van der Waals surface area contributed by atoms with Crippen molar-refractivity contribution in [1.82, 2.24) is 4.98 Å². The van der Waals surface area contributed by atoms with Crippen LogP contribution in [0.15, 0.2) is 30.5 Å². The summed E-state index contributed by atoms with van der Waals surface area (Å²) in [5.74, 6) is 2.25. The number of aromatic nitrogens is 1. The van der Waals surface area contributed by atoms with Crippen molar-refractivity contribution >= 4 is 16.6 Å². The van der Waals surface area contributed by atoms with Crippen LogP contribution in [0.2, 0.25) is 0 Å². The van der Waals surface area contributed by atoms with E-state index in [2.05, 4.69) is 18.8 Å². The minimum Gasteiger partial charge on any atom is -0.487 e. The fourth-order valence-electron chi connectivity index (χ4n) is 3.40. The number of pyridine rings is 1. The Kier molecular flexibility index (Phi) is 3.51. The quantitative estimate of drug-likeness (QED) is 0.896. The van der Waals surface area contributed by atoms with Crippen LogP contribution in [0.4, 0.5) is 5.69 Å². The summed E-state index contributed by atoms with van der Waals surface area (Å²) < 4.78 is 6.28. The number of benzene rings is 1. The molecule has 20 heavy (non-hydrogen) atoms. The highest BCUT2D eigenvalue weighted by atomic mass is 16.5. The first-order valence-electron chi connectivity index (χ1n) is 7.43. The summed E-state index contributed by atoms with van der Waals surface area (Å²) in [5.41, 5.74) is 7.66. The van der Waals surface area contributed by atoms with E-state index >= 15 is 0 Å². The zero-order chi connectivity index (χ0) is 14.1. The molecular formula is C17H22N2O. The van der Waals surface area contributed by atoms with Gasteiger partial charge in [0, 0.05) is 5.39 Å². The molecule has 0 radical (unpaired) electrons. The minimum atomic E-state index is 0.266. The molecule has 2 aromatic rings. The van der Waals surface area contributed by atoms with Crippen molar-refractivity contribution in [1.29, 1.82) is 0 Å². The average molecular weight is 270 g/mol. The number of nitrogens with zero attached hydrogens (tertiary/aromatic N) is 1. The van der Waals surface area contributed by atoms with E-state index in [4.69, 9.17) is 10.5 Å². The van der Waals surface area contributed by atoms with Gasteiger partial charge in [0.2, 0.25) is 0 Å². The normalized spacial score (nSPS) is 26.6. The molecule has 3 heteroatoms. The van der Waals surface area contributed by atoms with Crippen LogP contribution in [0.5, 0.6) is 5.75 Å². The van der Waals surface area contributed by atoms with Gasteiger partial charge in [-0.3, -0.25) is 4.98 Å². The summed E-state index contributed by atoms with van der Waals surface area (Å²) in [4.78, 5) is 4.36. The maximum atomic E-state index is 6.28. The molecule has 1 aromatic carbocycles. The molecule has 2 N–H and O–H groups in total. The first-order chi connectivity index (χ1) is 9.63. The minimum absolute atomic E-state index is 0.266. The molecule has 106 valence electrons. The largest absolute Gasteiger partial charge is 0.487 e. The molecule has 0 spiro atoms. The van der Waals surface area contributed by atoms with Crippen LogP contribution in [0.25, 0.3) is 10.9 Å². The third-order valence-electron chi connectivity index (χ3n) is 4.17. The SMILES string of the molecule is CC1CC(C)CC(Oc2c(N)cnc3ccccc23)C1. The van der Waals surface area contributed by atoms with Crippen molar-refractivity contribution in [2.24, 2.45) is 11.8 Å². The third-order valence-corrected chi connectivity index (χ3v) is 4.17. The lowest BCUT2D eigenvalue weighted by molar-refractivity contribution is 0.103. The molecule has 2 atom stereocenters. The molecular weight excluding hydrogens is 248 g/mol. The van der Waals surface area contributed by atoms with E-state index in [1.165, 1.54) is 6.42 Å². The zero-order valence-electron chi connectivity index (χ0n) is 12.2. The second kappa shape index (κ2) is 5.31. The number of para-hydroxylation sites is 1. The number of anilines is 1. The number of hydrogen-bond acceptors (Lipinski definition) is 3. The highest BCUT2D eigenvalue weighted by molar-refractivity contribution is 5.89. The summed E-state index contributed by atoms with van der Waals surface area (Å²) in [5, 5.41) is 1.01. The maximum absolute atomic E-state index is 6.28. The van der Waals surface area contributed by atoms with Crippen molar-refractivity contribution in [3.63, 3.8) is 0 Å². The Balaban J connectivity index is 1.92. The van der Waals surface area contributed by atoms with E-state index in [-0.39, 0.29) is 6.10 Å². The van der Waals surface area contributed by atoms with Crippen molar-refractivity contribution < 1.29 is 4.74 Å². The van der Waals surface area contributed by atoms with Gasteiger partial charge in [-0.15, -0.1) is 0 Å². The van der Waals surface area contributed by atoms with E-state index < -0.39 is 0 Å². The van der Waals surface area contributed by atoms with Gasteiger partial charge in [-0.25, -0.2) is 0 Å².